The second-order valence-corrected chi connectivity index (χ2v) is 4.38. The summed E-state index contributed by atoms with van der Waals surface area (Å²) in [6.45, 7) is 10.9. The average molecular weight is 265 g/mol. The number of carbonyl (C=O) groups excluding carboxylic acids is 1. The molecule has 1 atom stereocenters. The van der Waals surface area contributed by atoms with Gasteiger partial charge in [0.25, 0.3) is 0 Å². The molecule has 1 aromatic heterocycles. The van der Waals surface area contributed by atoms with E-state index < -0.39 is 0 Å². The lowest BCUT2D eigenvalue weighted by molar-refractivity contribution is -0.121. The molecule has 0 fully saturated rings. The van der Waals surface area contributed by atoms with Gasteiger partial charge in [-0.3, -0.25) is 4.79 Å². The second kappa shape index (κ2) is 6.92. The number of rotatable bonds is 6. The zero-order chi connectivity index (χ0) is 14.4. The van der Waals surface area contributed by atoms with Crippen LogP contribution in [0.3, 0.4) is 0 Å². The van der Waals surface area contributed by atoms with E-state index in [0.717, 1.165) is 17.9 Å². The minimum Gasteiger partial charge on any atom is -0.370 e. The average Bonchev–Trinajstić information content (AvgIpc) is 2.35. The van der Waals surface area contributed by atoms with E-state index in [1.54, 1.807) is 0 Å². The third-order valence-corrected chi connectivity index (χ3v) is 2.70. The van der Waals surface area contributed by atoms with Gasteiger partial charge in [-0.25, -0.2) is 9.97 Å². The van der Waals surface area contributed by atoms with Crippen LogP contribution in [-0.4, -0.2) is 35.0 Å². The largest absolute Gasteiger partial charge is 0.370 e. The minimum absolute atomic E-state index is 0.0387. The number of anilines is 2. The van der Waals surface area contributed by atoms with Gasteiger partial charge in [0, 0.05) is 18.7 Å². The fourth-order valence-electron chi connectivity index (χ4n) is 1.71. The lowest BCUT2D eigenvalue weighted by Crippen LogP contribution is -2.37. The quantitative estimate of drug-likeness (QED) is 0.726. The van der Waals surface area contributed by atoms with Gasteiger partial charge in [-0.15, -0.1) is 0 Å². The molecule has 6 heteroatoms. The molecule has 6 nitrogen and oxygen atoms in total. The van der Waals surface area contributed by atoms with Crippen molar-refractivity contribution in [1.82, 2.24) is 15.3 Å². The Kier molecular flexibility index (Phi) is 5.54. The maximum atomic E-state index is 11.7. The predicted octanol–water partition coefficient (Wildman–Crippen LogP) is 1.46. The number of nitrogens with zero attached hydrogens (tertiary/aromatic N) is 2. The van der Waals surface area contributed by atoms with Gasteiger partial charge in [0.15, 0.2) is 0 Å². The lowest BCUT2D eigenvalue weighted by atomic mass is 10.2. The highest BCUT2D eigenvalue weighted by atomic mass is 16.2. The number of nitrogens with one attached hydrogen (secondary N) is 3. The summed E-state index contributed by atoms with van der Waals surface area (Å²) in [6, 6.07) is -0.331. The van der Waals surface area contributed by atoms with E-state index in [0.29, 0.717) is 18.2 Å². The first-order chi connectivity index (χ1) is 8.99. The van der Waals surface area contributed by atoms with Crippen LogP contribution in [-0.2, 0) is 4.79 Å². The number of amides is 1. The number of likely N-dealkylation sites (N-methyl/N-ethyl adjacent to an activating group) is 1. The summed E-state index contributed by atoms with van der Waals surface area (Å²) in [5, 5.41) is 9.10. The Hall–Kier alpha value is -1.85. The molecule has 0 saturated carbocycles. The van der Waals surface area contributed by atoms with Crippen LogP contribution >= 0.6 is 0 Å². The van der Waals surface area contributed by atoms with Crippen LogP contribution in [0.15, 0.2) is 0 Å². The van der Waals surface area contributed by atoms with Crippen LogP contribution in [0.4, 0.5) is 11.6 Å². The van der Waals surface area contributed by atoms with Crippen LogP contribution in [0.1, 0.15) is 32.2 Å². The normalized spacial score (nSPS) is 11.8. The highest BCUT2D eigenvalue weighted by molar-refractivity contribution is 5.84. The van der Waals surface area contributed by atoms with Gasteiger partial charge in [-0.2, -0.15) is 0 Å². The van der Waals surface area contributed by atoms with Gasteiger partial charge < -0.3 is 16.0 Å². The molecular formula is C13H23N5O. The molecular weight excluding hydrogens is 242 g/mol. The smallest absolute Gasteiger partial charge is 0.242 e. The first kappa shape index (κ1) is 15.2. The fourth-order valence-corrected chi connectivity index (χ4v) is 1.71. The molecule has 1 heterocycles. The number of hydrogen-bond acceptors (Lipinski definition) is 5. The lowest BCUT2D eigenvalue weighted by Gasteiger charge is -2.17. The fraction of sp³-hybridized carbons (Fsp3) is 0.615. The number of aryl methyl sites for hydroxylation is 1. The van der Waals surface area contributed by atoms with Gasteiger partial charge in [0.2, 0.25) is 5.91 Å². The molecule has 0 aliphatic heterocycles. The van der Waals surface area contributed by atoms with Crippen LogP contribution < -0.4 is 16.0 Å². The minimum atomic E-state index is -0.331. The van der Waals surface area contributed by atoms with E-state index in [4.69, 9.17) is 0 Å². The zero-order valence-corrected chi connectivity index (χ0v) is 12.3. The Morgan fingerprint density at radius 1 is 1.16 bits per heavy atom. The number of aromatic nitrogens is 2. The summed E-state index contributed by atoms with van der Waals surface area (Å²) in [5.74, 6) is 2.14. The summed E-state index contributed by atoms with van der Waals surface area (Å²) in [5.41, 5.74) is 0.920. The Morgan fingerprint density at radius 3 is 2.37 bits per heavy atom. The Balaban J connectivity index is 2.91. The summed E-state index contributed by atoms with van der Waals surface area (Å²) >= 11 is 0. The van der Waals surface area contributed by atoms with E-state index in [1.165, 1.54) is 0 Å². The van der Waals surface area contributed by atoms with Crippen molar-refractivity contribution in [1.29, 1.82) is 0 Å². The first-order valence-electron chi connectivity index (χ1n) is 6.62. The van der Waals surface area contributed by atoms with Gasteiger partial charge in [0.1, 0.15) is 23.5 Å². The van der Waals surface area contributed by atoms with Gasteiger partial charge >= 0.3 is 0 Å². The third kappa shape index (κ3) is 4.08. The van der Waals surface area contributed by atoms with Gasteiger partial charge in [-0.1, -0.05) is 0 Å². The SMILES string of the molecule is CCNC(=O)C(C)Nc1nc(C)nc(NCC)c1C. The summed E-state index contributed by atoms with van der Waals surface area (Å²) in [6.07, 6.45) is 0. The predicted molar refractivity (Wildman–Crippen MR) is 77.4 cm³/mol. The van der Waals surface area contributed by atoms with E-state index in [1.807, 2.05) is 34.6 Å². The van der Waals surface area contributed by atoms with Crippen molar-refractivity contribution < 1.29 is 4.79 Å². The highest BCUT2D eigenvalue weighted by Gasteiger charge is 2.15. The highest BCUT2D eigenvalue weighted by Crippen LogP contribution is 2.20. The van der Waals surface area contributed by atoms with Crippen LogP contribution in [0.2, 0.25) is 0 Å². The summed E-state index contributed by atoms with van der Waals surface area (Å²) in [7, 11) is 0. The number of carbonyl (C=O) groups is 1. The molecule has 0 saturated heterocycles. The Bertz CT molecular complexity index is 447. The molecule has 3 N–H and O–H groups in total. The van der Waals surface area contributed by atoms with E-state index in [9.17, 15) is 4.79 Å². The second-order valence-electron chi connectivity index (χ2n) is 4.38. The molecule has 19 heavy (non-hydrogen) atoms. The van der Waals surface area contributed by atoms with Crippen LogP contribution in [0.25, 0.3) is 0 Å². The summed E-state index contributed by atoms with van der Waals surface area (Å²) < 4.78 is 0. The van der Waals surface area contributed by atoms with Crippen molar-refractivity contribution in [3.05, 3.63) is 11.4 Å². The molecule has 0 bridgehead atoms. The Morgan fingerprint density at radius 2 is 1.79 bits per heavy atom. The standard InChI is InChI=1S/C13H23N5O/c1-6-14-11-8(3)12(18-10(5)17-11)16-9(4)13(19)15-7-2/h9H,6-7H2,1-5H3,(H,15,19)(H2,14,16,17,18). The molecule has 0 radical (unpaired) electrons. The van der Waals surface area contributed by atoms with Crippen molar-refractivity contribution in [3.63, 3.8) is 0 Å². The maximum Gasteiger partial charge on any atom is 0.242 e. The van der Waals surface area contributed by atoms with E-state index in [-0.39, 0.29) is 11.9 Å². The van der Waals surface area contributed by atoms with Crippen molar-refractivity contribution >= 4 is 17.5 Å². The van der Waals surface area contributed by atoms with Crippen molar-refractivity contribution in [3.8, 4) is 0 Å². The topological polar surface area (TPSA) is 78.9 Å². The molecule has 0 aromatic carbocycles. The van der Waals surface area contributed by atoms with Crippen LogP contribution in [0.5, 0.6) is 0 Å². The number of hydrogen-bond donors (Lipinski definition) is 3. The van der Waals surface area contributed by atoms with Crippen molar-refractivity contribution in [2.24, 2.45) is 0 Å². The van der Waals surface area contributed by atoms with E-state index >= 15 is 0 Å². The van der Waals surface area contributed by atoms with Crippen molar-refractivity contribution in [2.75, 3.05) is 23.7 Å². The van der Waals surface area contributed by atoms with Crippen LogP contribution in [0, 0.1) is 13.8 Å². The molecule has 1 amide bonds. The zero-order valence-electron chi connectivity index (χ0n) is 12.3. The molecule has 1 unspecified atom stereocenters. The molecule has 0 aliphatic carbocycles. The molecule has 0 spiro atoms. The Labute approximate surface area is 114 Å². The third-order valence-electron chi connectivity index (χ3n) is 2.70. The van der Waals surface area contributed by atoms with Gasteiger partial charge in [-0.05, 0) is 34.6 Å². The van der Waals surface area contributed by atoms with E-state index in [2.05, 4.69) is 25.9 Å². The maximum absolute atomic E-state index is 11.7. The van der Waals surface area contributed by atoms with Crippen molar-refractivity contribution in [2.45, 2.75) is 40.7 Å². The molecule has 1 rings (SSSR count). The molecule has 1 aromatic rings. The van der Waals surface area contributed by atoms with Gasteiger partial charge in [0.05, 0.1) is 0 Å². The molecule has 106 valence electrons. The first-order valence-corrected chi connectivity index (χ1v) is 6.62. The summed E-state index contributed by atoms with van der Waals surface area (Å²) in [4.78, 5) is 20.4. The molecule has 0 aliphatic rings. The monoisotopic (exact) mass is 265 g/mol.